The van der Waals surface area contributed by atoms with Crippen LogP contribution in [0.4, 0.5) is 17.1 Å². The lowest BCUT2D eigenvalue weighted by atomic mass is 9.83. The van der Waals surface area contributed by atoms with Gasteiger partial charge < -0.3 is 26.2 Å². The number of para-hydroxylation sites is 1. The molecule has 0 radical (unpaired) electrons. The van der Waals surface area contributed by atoms with Crippen molar-refractivity contribution in [2.75, 3.05) is 22.6 Å². The van der Waals surface area contributed by atoms with Crippen LogP contribution in [-0.2, 0) is 23.5 Å². The van der Waals surface area contributed by atoms with Crippen LogP contribution in [0.2, 0.25) is 0 Å². The number of aryl methyl sites for hydroxylation is 1. The van der Waals surface area contributed by atoms with Crippen LogP contribution in [0.3, 0.4) is 0 Å². The number of anilines is 3. The molecule has 48 heavy (non-hydrogen) atoms. The Hall–Kier alpha value is -5.58. The van der Waals surface area contributed by atoms with Crippen LogP contribution >= 0.6 is 0 Å². The van der Waals surface area contributed by atoms with Crippen LogP contribution in [0.15, 0.2) is 121 Å². The molecule has 1 aromatic heterocycles. The maximum absolute atomic E-state index is 14.0. The van der Waals surface area contributed by atoms with Gasteiger partial charge in [0.05, 0.1) is 30.5 Å². The first kappa shape index (κ1) is 32.4. The van der Waals surface area contributed by atoms with Crippen molar-refractivity contribution in [3.63, 3.8) is 0 Å². The zero-order chi connectivity index (χ0) is 33.7. The number of nitrogen functional groups attached to an aromatic ring is 1. The Morgan fingerprint density at radius 1 is 1.00 bits per heavy atom. The number of hydrogen-bond acceptors (Lipinski definition) is 7. The third-order valence-electron chi connectivity index (χ3n) is 8.78. The number of rotatable bonds is 12. The Morgan fingerprint density at radius 2 is 1.75 bits per heavy atom. The summed E-state index contributed by atoms with van der Waals surface area (Å²) < 4.78 is 1.73. The van der Waals surface area contributed by atoms with Crippen molar-refractivity contribution in [2.24, 2.45) is 5.92 Å². The maximum Gasteiger partial charge on any atom is 0.264 e. The highest BCUT2D eigenvalue weighted by molar-refractivity contribution is 6.07. The van der Waals surface area contributed by atoms with Gasteiger partial charge in [-0.05, 0) is 60.0 Å². The van der Waals surface area contributed by atoms with Gasteiger partial charge in [0.2, 0.25) is 0 Å². The van der Waals surface area contributed by atoms with E-state index in [0.29, 0.717) is 46.8 Å². The minimum absolute atomic E-state index is 0.0717. The number of aromatic nitrogens is 3. The fraction of sp³-hybridized carbons (Fsp3) is 0.211. The largest absolute Gasteiger partial charge is 0.399 e. The van der Waals surface area contributed by atoms with Crippen molar-refractivity contribution >= 4 is 28.9 Å². The molecule has 0 saturated carbocycles. The SMILES string of the molecule is C[C@@H](/C=C/CCn1cc(C(CO)c2ccccc2)nn1)[C@]1(O)C(=O)N(Cc2cccc(NC(=O)c3ccc(N)cc3)c2)c2ccccc21. The highest BCUT2D eigenvalue weighted by Crippen LogP contribution is 2.45. The van der Waals surface area contributed by atoms with Crippen LogP contribution < -0.4 is 16.0 Å². The van der Waals surface area contributed by atoms with Crippen molar-refractivity contribution in [2.45, 2.75) is 38.0 Å². The van der Waals surface area contributed by atoms with E-state index in [0.717, 1.165) is 11.1 Å². The van der Waals surface area contributed by atoms with Gasteiger partial charge in [0.15, 0.2) is 5.60 Å². The number of amides is 2. The van der Waals surface area contributed by atoms with Gasteiger partial charge in [0.1, 0.15) is 0 Å². The normalized spacial score (nSPS) is 17.0. The third-order valence-corrected chi connectivity index (χ3v) is 8.78. The van der Waals surface area contributed by atoms with E-state index in [9.17, 15) is 19.8 Å². The number of aliphatic hydroxyl groups is 2. The second-order valence-electron chi connectivity index (χ2n) is 12.0. The number of carbonyl (C=O) groups is 2. The number of nitrogens with two attached hydrogens (primary N) is 1. The van der Waals surface area contributed by atoms with Gasteiger partial charge in [-0.25, -0.2) is 0 Å². The average Bonchev–Trinajstić information content (AvgIpc) is 3.65. The molecule has 0 bridgehead atoms. The standard InChI is InChI=1S/C38H38N6O4/c1-26(10-7-8-21-43-24-34(41-42-43)32(25-45)28-12-3-2-4-13-28)38(48)33-15-5-6-16-35(33)44(37(38)47)23-27-11-9-14-31(22-27)40-36(46)29-17-19-30(39)20-18-29/h2-7,9-20,22,24,26,32,45,48H,8,21,23,25,39H2,1H3,(H,40,46)/b10-7+/t26-,32?,38+/m0/s1. The first-order chi connectivity index (χ1) is 23.3. The van der Waals surface area contributed by atoms with Crippen molar-refractivity contribution in [3.05, 3.63) is 149 Å². The Labute approximate surface area is 279 Å². The van der Waals surface area contributed by atoms with E-state index < -0.39 is 17.4 Å². The Morgan fingerprint density at radius 3 is 2.52 bits per heavy atom. The van der Waals surface area contributed by atoms with Crippen LogP contribution in [0.1, 0.15) is 52.0 Å². The van der Waals surface area contributed by atoms with Gasteiger partial charge in [-0.2, -0.15) is 0 Å². The quantitative estimate of drug-likeness (QED) is 0.107. The van der Waals surface area contributed by atoms with Crippen molar-refractivity contribution in [3.8, 4) is 0 Å². The summed E-state index contributed by atoms with van der Waals surface area (Å²) >= 11 is 0. The smallest absolute Gasteiger partial charge is 0.264 e. The van der Waals surface area contributed by atoms with E-state index in [1.165, 1.54) is 0 Å². The zero-order valence-electron chi connectivity index (χ0n) is 26.6. The van der Waals surface area contributed by atoms with Crippen molar-refractivity contribution in [1.29, 1.82) is 0 Å². The van der Waals surface area contributed by atoms with Crippen LogP contribution in [0.5, 0.6) is 0 Å². The van der Waals surface area contributed by atoms with Gasteiger partial charge in [-0.3, -0.25) is 14.3 Å². The van der Waals surface area contributed by atoms with Crippen LogP contribution in [0, 0.1) is 5.92 Å². The molecule has 10 heteroatoms. The molecule has 5 N–H and O–H groups in total. The lowest BCUT2D eigenvalue weighted by molar-refractivity contribution is -0.139. The summed E-state index contributed by atoms with van der Waals surface area (Å²) in [7, 11) is 0. The fourth-order valence-corrected chi connectivity index (χ4v) is 6.11. The predicted octanol–water partition coefficient (Wildman–Crippen LogP) is 5.25. The molecule has 0 fully saturated rings. The summed E-state index contributed by atoms with van der Waals surface area (Å²) in [5.74, 6) is -1.45. The van der Waals surface area contributed by atoms with Crippen LogP contribution in [-0.4, -0.2) is 43.6 Å². The summed E-state index contributed by atoms with van der Waals surface area (Å²) in [5, 5.41) is 33.4. The third kappa shape index (κ3) is 6.62. The molecule has 244 valence electrons. The molecule has 0 spiro atoms. The maximum atomic E-state index is 14.0. The number of allylic oxidation sites excluding steroid dienone is 1. The van der Waals surface area contributed by atoms with Gasteiger partial charge >= 0.3 is 0 Å². The lowest BCUT2D eigenvalue weighted by Crippen LogP contribution is -2.44. The zero-order valence-corrected chi connectivity index (χ0v) is 26.6. The first-order valence-electron chi connectivity index (χ1n) is 15.9. The van der Waals surface area contributed by atoms with Gasteiger partial charge in [0, 0.05) is 41.2 Å². The number of hydrogen-bond donors (Lipinski definition) is 4. The first-order valence-corrected chi connectivity index (χ1v) is 15.9. The van der Waals surface area contributed by atoms with E-state index in [4.69, 9.17) is 5.73 Å². The minimum Gasteiger partial charge on any atom is -0.399 e. The van der Waals surface area contributed by atoms with E-state index in [1.54, 1.807) is 46.0 Å². The molecule has 1 aliphatic rings. The molecular formula is C38H38N6O4. The number of aliphatic hydroxyl groups excluding tert-OH is 1. The topological polar surface area (TPSA) is 147 Å². The van der Waals surface area contributed by atoms with Crippen LogP contribution in [0.25, 0.3) is 0 Å². The van der Waals surface area contributed by atoms with E-state index in [2.05, 4.69) is 15.6 Å². The lowest BCUT2D eigenvalue weighted by Gasteiger charge is -2.27. The Kier molecular flexibility index (Phi) is 9.47. The summed E-state index contributed by atoms with van der Waals surface area (Å²) in [4.78, 5) is 28.4. The molecule has 0 saturated heterocycles. The summed E-state index contributed by atoms with van der Waals surface area (Å²) in [6, 6.07) is 31.0. The predicted molar refractivity (Wildman–Crippen MR) is 185 cm³/mol. The number of carbonyl (C=O) groups excluding carboxylic acids is 2. The van der Waals surface area contributed by atoms with Gasteiger partial charge in [0.25, 0.3) is 11.8 Å². The molecule has 5 aromatic rings. The van der Waals surface area contributed by atoms with Crippen molar-refractivity contribution < 1.29 is 19.8 Å². The average molecular weight is 643 g/mol. The molecule has 1 unspecified atom stereocenters. The minimum atomic E-state index is -1.75. The molecule has 2 heterocycles. The molecule has 3 atom stereocenters. The molecule has 4 aromatic carbocycles. The second-order valence-corrected chi connectivity index (χ2v) is 12.0. The Bertz CT molecular complexity index is 1920. The number of nitrogens with zero attached hydrogens (tertiary/aromatic N) is 4. The van der Waals surface area contributed by atoms with E-state index >= 15 is 0 Å². The summed E-state index contributed by atoms with van der Waals surface area (Å²) in [6.45, 7) is 2.52. The van der Waals surface area contributed by atoms with E-state index in [-0.39, 0.29) is 25.0 Å². The molecule has 2 amide bonds. The molecule has 1 aliphatic heterocycles. The fourth-order valence-electron chi connectivity index (χ4n) is 6.11. The second kappa shape index (κ2) is 14.0. The molecular weight excluding hydrogens is 604 g/mol. The van der Waals surface area contributed by atoms with Gasteiger partial charge in [-0.1, -0.05) is 85.0 Å². The molecule has 6 rings (SSSR count). The molecule has 0 aliphatic carbocycles. The van der Waals surface area contributed by atoms with Crippen molar-refractivity contribution in [1.82, 2.24) is 15.0 Å². The highest BCUT2D eigenvalue weighted by atomic mass is 16.3. The van der Waals surface area contributed by atoms with E-state index in [1.807, 2.05) is 92.0 Å². The Balaban J connectivity index is 1.12. The van der Waals surface area contributed by atoms with Gasteiger partial charge in [-0.15, -0.1) is 5.10 Å². The monoisotopic (exact) mass is 642 g/mol. The number of nitrogens with one attached hydrogen (secondary N) is 1. The number of benzene rings is 4. The molecule has 10 nitrogen and oxygen atoms in total. The number of fused-ring (bicyclic) bond motifs is 1. The highest BCUT2D eigenvalue weighted by Gasteiger charge is 2.52. The summed E-state index contributed by atoms with van der Waals surface area (Å²) in [5.41, 5.74) is 9.30. The summed E-state index contributed by atoms with van der Waals surface area (Å²) in [6.07, 6.45) is 6.25.